The van der Waals surface area contributed by atoms with Gasteiger partial charge < -0.3 is 10.4 Å². The smallest absolute Gasteiger partial charge is 0.416 e. The van der Waals surface area contributed by atoms with E-state index in [4.69, 9.17) is 5.11 Å². The van der Waals surface area contributed by atoms with Crippen LogP contribution in [0.4, 0.5) is 32.0 Å². The van der Waals surface area contributed by atoms with Crippen molar-refractivity contribution in [3.05, 3.63) is 29.3 Å². The van der Waals surface area contributed by atoms with Gasteiger partial charge in [0.1, 0.15) is 0 Å². The Morgan fingerprint density at radius 1 is 1.00 bits per heavy atom. The summed E-state index contributed by atoms with van der Waals surface area (Å²) in [5.74, 6) is -2.25. The summed E-state index contributed by atoms with van der Waals surface area (Å²) in [6, 6.07) is 0.847. The number of nitrogens with one attached hydrogen (secondary N) is 1. The summed E-state index contributed by atoms with van der Waals surface area (Å²) in [5, 5.41) is 11.0. The van der Waals surface area contributed by atoms with Gasteiger partial charge in [-0.25, -0.2) is 0 Å². The maximum absolute atomic E-state index is 12.8. The lowest BCUT2D eigenvalue weighted by molar-refractivity contribution is -0.144. The van der Waals surface area contributed by atoms with Gasteiger partial charge >= 0.3 is 18.3 Å². The molecule has 5 nitrogen and oxygen atoms in total. The first-order chi connectivity index (χ1) is 12.4. The Bertz CT molecular complexity index is 677. The number of hydrogen-bond acceptors (Lipinski definition) is 3. The van der Waals surface area contributed by atoms with E-state index in [1.807, 2.05) is 0 Å². The largest absolute Gasteiger partial charge is 0.481 e. The van der Waals surface area contributed by atoms with E-state index in [1.165, 1.54) is 0 Å². The number of carbonyl (C=O) groups excluding carboxylic acids is 1. The summed E-state index contributed by atoms with van der Waals surface area (Å²) in [4.78, 5) is 24.4. The number of nitrogens with zero attached hydrogens (tertiary/aromatic N) is 1. The monoisotopic (exact) mass is 398 g/mol. The number of halogens is 6. The van der Waals surface area contributed by atoms with Crippen LogP contribution in [0.1, 0.15) is 24.0 Å². The van der Waals surface area contributed by atoms with Gasteiger partial charge in [0, 0.05) is 5.69 Å². The van der Waals surface area contributed by atoms with Gasteiger partial charge in [-0.15, -0.1) is 0 Å². The topological polar surface area (TPSA) is 69.6 Å². The van der Waals surface area contributed by atoms with Crippen LogP contribution in [0.2, 0.25) is 0 Å². The van der Waals surface area contributed by atoms with Crippen LogP contribution in [0.3, 0.4) is 0 Å². The average Bonchev–Trinajstić information content (AvgIpc) is 2.53. The number of hydrogen-bond donors (Lipinski definition) is 2. The maximum atomic E-state index is 12.8. The predicted octanol–water partition coefficient (Wildman–Crippen LogP) is 3.46. The zero-order valence-corrected chi connectivity index (χ0v) is 13.8. The summed E-state index contributed by atoms with van der Waals surface area (Å²) >= 11 is 0. The Morgan fingerprint density at radius 2 is 1.48 bits per heavy atom. The van der Waals surface area contributed by atoms with Crippen LogP contribution < -0.4 is 5.32 Å². The molecule has 1 aromatic carbocycles. The molecule has 27 heavy (non-hydrogen) atoms. The van der Waals surface area contributed by atoms with Crippen LogP contribution in [0.15, 0.2) is 18.2 Å². The van der Waals surface area contributed by atoms with Crippen LogP contribution in [0.25, 0.3) is 0 Å². The summed E-state index contributed by atoms with van der Waals surface area (Å²) in [7, 11) is 0. The third-order valence-corrected chi connectivity index (χ3v) is 4.18. The van der Waals surface area contributed by atoms with E-state index in [0.717, 1.165) is 0 Å². The highest BCUT2D eigenvalue weighted by molar-refractivity contribution is 5.92. The molecule has 0 unspecified atom stereocenters. The van der Waals surface area contributed by atoms with Gasteiger partial charge in [-0.2, -0.15) is 26.3 Å². The summed E-state index contributed by atoms with van der Waals surface area (Å²) in [6.45, 7) is 0.325. The summed E-state index contributed by atoms with van der Waals surface area (Å²) in [6.07, 6.45) is -9.38. The molecule has 1 heterocycles. The number of rotatable bonds is 4. The molecule has 1 amide bonds. The van der Waals surface area contributed by atoms with Gasteiger partial charge in [0.05, 0.1) is 23.6 Å². The molecule has 1 saturated heterocycles. The molecular weight excluding hydrogens is 382 g/mol. The fraction of sp³-hybridized carbons (Fsp3) is 0.500. The van der Waals surface area contributed by atoms with E-state index in [-0.39, 0.29) is 12.6 Å². The zero-order chi connectivity index (χ0) is 20.4. The summed E-state index contributed by atoms with van der Waals surface area (Å²) in [5.41, 5.74) is -3.65. The number of piperidine rings is 1. The number of carboxylic acid groups (broad SMARTS) is 1. The molecule has 0 radical (unpaired) electrons. The van der Waals surface area contributed by atoms with E-state index in [0.29, 0.717) is 38.1 Å². The van der Waals surface area contributed by atoms with Gasteiger partial charge in [0.15, 0.2) is 0 Å². The number of alkyl halides is 6. The van der Waals surface area contributed by atoms with Crippen molar-refractivity contribution in [1.29, 1.82) is 0 Å². The normalized spacial score (nSPS) is 17.0. The molecule has 1 fully saturated rings. The van der Waals surface area contributed by atoms with E-state index in [1.54, 1.807) is 4.90 Å². The molecule has 0 aliphatic carbocycles. The zero-order valence-electron chi connectivity index (χ0n) is 13.8. The first kappa shape index (κ1) is 21.0. The third kappa shape index (κ3) is 5.84. The minimum absolute atomic E-state index is 0.0215. The van der Waals surface area contributed by atoms with Gasteiger partial charge in [0.25, 0.3) is 0 Å². The highest BCUT2D eigenvalue weighted by Gasteiger charge is 2.37. The second kappa shape index (κ2) is 7.75. The Morgan fingerprint density at radius 3 is 1.89 bits per heavy atom. The molecule has 0 atom stereocenters. The second-order valence-corrected chi connectivity index (χ2v) is 6.23. The highest BCUT2D eigenvalue weighted by atomic mass is 19.4. The molecule has 0 spiro atoms. The van der Waals surface area contributed by atoms with Crippen molar-refractivity contribution >= 4 is 17.6 Å². The number of aliphatic carboxylic acids is 1. The molecule has 150 valence electrons. The Hall–Kier alpha value is -2.30. The fourth-order valence-electron chi connectivity index (χ4n) is 2.77. The number of likely N-dealkylation sites (tertiary alicyclic amines) is 1. The SMILES string of the molecule is O=C(CN1CCC(C(=O)O)CC1)Nc1cc(C(F)(F)F)cc(C(F)(F)F)c1. The molecule has 2 rings (SSSR count). The van der Waals surface area contributed by atoms with E-state index in [9.17, 15) is 35.9 Å². The molecule has 1 aliphatic heterocycles. The minimum atomic E-state index is -5.00. The van der Waals surface area contributed by atoms with Crippen molar-refractivity contribution in [1.82, 2.24) is 4.90 Å². The van der Waals surface area contributed by atoms with Gasteiger partial charge in [-0.3, -0.25) is 14.5 Å². The first-order valence-electron chi connectivity index (χ1n) is 7.91. The molecule has 1 aliphatic rings. The van der Waals surface area contributed by atoms with Crippen LogP contribution in [0.5, 0.6) is 0 Å². The van der Waals surface area contributed by atoms with Crippen LogP contribution in [-0.2, 0) is 21.9 Å². The lowest BCUT2D eigenvalue weighted by atomic mass is 9.97. The number of amides is 1. The third-order valence-electron chi connectivity index (χ3n) is 4.18. The lowest BCUT2D eigenvalue weighted by Gasteiger charge is -2.29. The lowest BCUT2D eigenvalue weighted by Crippen LogP contribution is -2.40. The minimum Gasteiger partial charge on any atom is -0.481 e. The number of benzene rings is 1. The van der Waals surface area contributed by atoms with Crippen LogP contribution in [0, 0.1) is 5.92 Å². The van der Waals surface area contributed by atoms with E-state index in [2.05, 4.69) is 5.32 Å². The Balaban J connectivity index is 2.08. The van der Waals surface area contributed by atoms with E-state index < -0.39 is 47.0 Å². The summed E-state index contributed by atoms with van der Waals surface area (Å²) < 4.78 is 76.9. The molecule has 0 saturated carbocycles. The van der Waals surface area contributed by atoms with Crippen molar-refractivity contribution in [3.63, 3.8) is 0 Å². The second-order valence-electron chi connectivity index (χ2n) is 6.23. The number of carbonyl (C=O) groups is 2. The molecule has 0 aromatic heterocycles. The van der Waals surface area contributed by atoms with Crippen molar-refractivity contribution in [2.75, 3.05) is 25.0 Å². The predicted molar refractivity (Wildman–Crippen MR) is 81.9 cm³/mol. The molecule has 2 N–H and O–H groups in total. The first-order valence-corrected chi connectivity index (χ1v) is 7.91. The van der Waals surface area contributed by atoms with Crippen molar-refractivity contribution in [3.8, 4) is 0 Å². The Labute approximate surface area is 149 Å². The maximum Gasteiger partial charge on any atom is 0.416 e. The van der Waals surface area contributed by atoms with Crippen LogP contribution in [-0.4, -0.2) is 41.5 Å². The van der Waals surface area contributed by atoms with Gasteiger partial charge in [0.2, 0.25) is 5.91 Å². The number of anilines is 1. The molecule has 0 bridgehead atoms. The van der Waals surface area contributed by atoms with Crippen LogP contribution >= 0.6 is 0 Å². The highest BCUT2D eigenvalue weighted by Crippen LogP contribution is 2.37. The quantitative estimate of drug-likeness (QED) is 0.763. The van der Waals surface area contributed by atoms with Crippen molar-refractivity contribution < 1.29 is 41.0 Å². The van der Waals surface area contributed by atoms with Crippen molar-refractivity contribution in [2.24, 2.45) is 5.92 Å². The standard InChI is InChI=1S/C16H16F6N2O3/c17-15(18,19)10-5-11(16(20,21)22)7-12(6-10)23-13(25)8-24-3-1-9(2-4-24)14(26)27/h5-7,9H,1-4,8H2,(H,23,25)(H,26,27). The molecule has 1 aromatic rings. The molecule has 11 heteroatoms. The average molecular weight is 398 g/mol. The van der Waals surface area contributed by atoms with Crippen molar-refractivity contribution in [2.45, 2.75) is 25.2 Å². The fourth-order valence-corrected chi connectivity index (χ4v) is 2.77. The van der Waals surface area contributed by atoms with Gasteiger partial charge in [-0.1, -0.05) is 0 Å². The number of carboxylic acids is 1. The molecular formula is C16H16F6N2O3. The Kier molecular flexibility index (Phi) is 6.03. The van der Waals surface area contributed by atoms with E-state index >= 15 is 0 Å². The van der Waals surface area contributed by atoms with Gasteiger partial charge in [-0.05, 0) is 44.1 Å².